The minimum Gasteiger partial charge on any atom is -0.497 e. The van der Waals surface area contributed by atoms with Crippen LogP contribution >= 0.6 is 23.1 Å². The predicted molar refractivity (Wildman–Crippen MR) is 99.1 cm³/mol. The van der Waals surface area contributed by atoms with Crippen LogP contribution in [0.4, 0.5) is 5.13 Å². The van der Waals surface area contributed by atoms with Crippen LogP contribution in [-0.4, -0.2) is 41.6 Å². The van der Waals surface area contributed by atoms with E-state index in [9.17, 15) is 4.79 Å². The highest BCUT2D eigenvalue weighted by Gasteiger charge is 2.08. The van der Waals surface area contributed by atoms with Gasteiger partial charge in [-0.25, -0.2) is 0 Å². The molecule has 0 saturated heterocycles. The Morgan fingerprint density at radius 2 is 2.04 bits per heavy atom. The molecule has 0 saturated carbocycles. The van der Waals surface area contributed by atoms with Crippen molar-refractivity contribution in [3.63, 3.8) is 0 Å². The molecule has 130 valence electrons. The van der Waals surface area contributed by atoms with Crippen LogP contribution in [-0.2, 0) is 11.2 Å². The third-order valence-corrected chi connectivity index (χ3v) is 5.03. The van der Waals surface area contributed by atoms with E-state index >= 15 is 0 Å². The summed E-state index contributed by atoms with van der Waals surface area (Å²) in [4.78, 5) is 11.9. The number of methoxy groups -OCH3 is 1. The van der Waals surface area contributed by atoms with Gasteiger partial charge in [0, 0.05) is 12.6 Å². The highest BCUT2D eigenvalue weighted by atomic mass is 32.2. The molecule has 2 N–H and O–H groups in total. The van der Waals surface area contributed by atoms with E-state index in [1.807, 2.05) is 38.1 Å². The zero-order valence-electron chi connectivity index (χ0n) is 14.0. The van der Waals surface area contributed by atoms with Gasteiger partial charge in [-0.1, -0.05) is 35.2 Å². The molecule has 0 aliphatic rings. The van der Waals surface area contributed by atoms with Crippen molar-refractivity contribution in [1.29, 1.82) is 0 Å². The van der Waals surface area contributed by atoms with E-state index < -0.39 is 0 Å². The topological polar surface area (TPSA) is 76.1 Å². The Hall–Kier alpha value is -1.80. The molecule has 0 radical (unpaired) electrons. The first-order chi connectivity index (χ1) is 11.6. The number of aromatic nitrogens is 2. The van der Waals surface area contributed by atoms with Crippen LogP contribution in [0.15, 0.2) is 28.6 Å². The second kappa shape index (κ2) is 9.48. The Morgan fingerprint density at radius 3 is 2.71 bits per heavy atom. The van der Waals surface area contributed by atoms with Gasteiger partial charge < -0.3 is 15.4 Å². The van der Waals surface area contributed by atoms with Crippen molar-refractivity contribution in [2.45, 2.75) is 30.6 Å². The molecule has 1 aromatic carbocycles. The predicted octanol–water partition coefficient (Wildman–Crippen LogP) is 2.82. The molecule has 2 aromatic rings. The Labute approximate surface area is 150 Å². The number of carbonyl (C=O) groups is 1. The van der Waals surface area contributed by atoms with Gasteiger partial charge in [0.1, 0.15) is 5.75 Å². The third kappa shape index (κ3) is 6.37. The van der Waals surface area contributed by atoms with Crippen LogP contribution in [0.2, 0.25) is 0 Å². The quantitative estimate of drug-likeness (QED) is 0.665. The molecule has 0 unspecified atom stereocenters. The van der Waals surface area contributed by atoms with Crippen molar-refractivity contribution < 1.29 is 9.53 Å². The van der Waals surface area contributed by atoms with Crippen LogP contribution in [0.1, 0.15) is 19.4 Å². The number of benzene rings is 1. The molecule has 0 spiro atoms. The maximum atomic E-state index is 11.9. The van der Waals surface area contributed by atoms with Crippen molar-refractivity contribution in [1.82, 2.24) is 15.5 Å². The Balaban J connectivity index is 1.66. The Bertz CT molecular complexity index is 644. The van der Waals surface area contributed by atoms with Crippen molar-refractivity contribution in [3.05, 3.63) is 29.8 Å². The fourth-order valence-electron chi connectivity index (χ4n) is 1.89. The van der Waals surface area contributed by atoms with Gasteiger partial charge in [-0.3, -0.25) is 4.79 Å². The van der Waals surface area contributed by atoms with E-state index in [1.165, 1.54) is 23.1 Å². The number of nitrogens with zero attached hydrogens (tertiary/aromatic N) is 2. The first-order valence-electron chi connectivity index (χ1n) is 7.69. The highest BCUT2D eigenvalue weighted by molar-refractivity contribution is 8.01. The molecule has 1 amide bonds. The molecule has 0 aliphatic heterocycles. The zero-order chi connectivity index (χ0) is 17.4. The highest BCUT2D eigenvalue weighted by Crippen LogP contribution is 2.25. The van der Waals surface area contributed by atoms with Crippen molar-refractivity contribution in [2.75, 3.05) is 24.7 Å². The van der Waals surface area contributed by atoms with Gasteiger partial charge in [0.25, 0.3) is 0 Å². The largest absolute Gasteiger partial charge is 0.497 e. The van der Waals surface area contributed by atoms with Gasteiger partial charge in [0.15, 0.2) is 4.34 Å². The molecule has 0 aliphatic carbocycles. The Kier molecular flexibility index (Phi) is 7.33. The van der Waals surface area contributed by atoms with Crippen LogP contribution in [0.25, 0.3) is 0 Å². The second-order valence-electron chi connectivity index (χ2n) is 5.41. The maximum Gasteiger partial charge on any atom is 0.230 e. The third-order valence-electron chi connectivity index (χ3n) is 3.04. The summed E-state index contributed by atoms with van der Waals surface area (Å²) in [6.07, 6.45) is 0.793. The first kappa shape index (κ1) is 18.5. The monoisotopic (exact) mass is 366 g/mol. The number of carbonyl (C=O) groups excluding carboxylic acids is 1. The van der Waals surface area contributed by atoms with Crippen LogP contribution < -0.4 is 15.4 Å². The number of hydrogen-bond acceptors (Lipinski definition) is 7. The molecule has 0 atom stereocenters. The van der Waals surface area contributed by atoms with Gasteiger partial charge >= 0.3 is 0 Å². The van der Waals surface area contributed by atoms with E-state index in [0.717, 1.165) is 27.2 Å². The molecule has 8 heteroatoms. The molecule has 1 aromatic heterocycles. The minimum atomic E-state index is 0.00193. The van der Waals surface area contributed by atoms with Gasteiger partial charge in [-0.15, -0.1) is 10.2 Å². The average molecular weight is 367 g/mol. The summed E-state index contributed by atoms with van der Waals surface area (Å²) in [6, 6.07) is 8.17. The molecular weight excluding hydrogens is 344 g/mol. The lowest BCUT2D eigenvalue weighted by molar-refractivity contribution is -0.118. The van der Waals surface area contributed by atoms with Crippen LogP contribution in [0.5, 0.6) is 5.75 Å². The van der Waals surface area contributed by atoms with E-state index in [1.54, 1.807) is 7.11 Å². The molecule has 24 heavy (non-hydrogen) atoms. The number of nitrogens with one attached hydrogen (secondary N) is 2. The summed E-state index contributed by atoms with van der Waals surface area (Å²) in [5.41, 5.74) is 1.16. The summed E-state index contributed by atoms with van der Waals surface area (Å²) in [5.74, 6) is 1.18. The van der Waals surface area contributed by atoms with E-state index in [2.05, 4.69) is 20.8 Å². The van der Waals surface area contributed by atoms with Crippen LogP contribution in [0.3, 0.4) is 0 Å². The molecule has 0 bridgehead atoms. The summed E-state index contributed by atoms with van der Waals surface area (Å²) in [7, 11) is 1.65. The number of hydrogen-bond donors (Lipinski definition) is 2. The van der Waals surface area contributed by atoms with Gasteiger partial charge in [0.05, 0.1) is 12.9 Å². The Morgan fingerprint density at radius 1 is 1.29 bits per heavy atom. The standard InChI is InChI=1S/C16H22N4O2S2/c1-11(2)18-15-19-20-16(24-15)23-10-14(21)17-9-8-12-4-6-13(22-3)7-5-12/h4-7,11H,8-10H2,1-3H3,(H,17,21)(H,18,19). The average Bonchev–Trinajstić information content (AvgIpc) is 3.00. The summed E-state index contributed by atoms with van der Waals surface area (Å²) >= 11 is 2.87. The molecule has 1 heterocycles. The van der Waals surface area contributed by atoms with Gasteiger partial charge in [-0.05, 0) is 38.0 Å². The second-order valence-corrected chi connectivity index (χ2v) is 7.61. The number of amides is 1. The summed E-state index contributed by atoms with van der Waals surface area (Å²) in [6.45, 7) is 4.71. The number of thioether (sulfide) groups is 1. The van der Waals surface area contributed by atoms with E-state index in [0.29, 0.717) is 18.3 Å². The first-order valence-corrected chi connectivity index (χ1v) is 9.49. The van der Waals surface area contributed by atoms with E-state index in [-0.39, 0.29) is 5.91 Å². The number of anilines is 1. The minimum absolute atomic E-state index is 0.00193. The normalized spacial score (nSPS) is 10.7. The lowest BCUT2D eigenvalue weighted by atomic mass is 10.1. The van der Waals surface area contributed by atoms with Gasteiger partial charge in [-0.2, -0.15) is 0 Å². The smallest absolute Gasteiger partial charge is 0.230 e. The maximum absolute atomic E-state index is 11.9. The van der Waals surface area contributed by atoms with Crippen LogP contribution in [0, 0.1) is 0 Å². The van der Waals surface area contributed by atoms with E-state index in [4.69, 9.17) is 4.74 Å². The fraction of sp³-hybridized carbons (Fsp3) is 0.438. The van der Waals surface area contributed by atoms with Crippen molar-refractivity contribution in [2.24, 2.45) is 0 Å². The van der Waals surface area contributed by atoms with Crippen molar-refractivity contribution >= 4 is 34.1 Å². The lowest BCUT2D eigenvalue weighted by Gasteiger charge is -2.05. The van der Waals surface area contributed by atoms with Crippen molar-refractivity contribution in [3.8, 4) is 5.75 Å². The number of rotatable bonds is 9. The number of ether oxygens (including phenoxy) is 1. The molecule has 6 nitrogen and oxygen atoms in total. The molecular formula is C16H22N4O2S2. The zero-order valence-corrected chi connectivity index (χ0v) is 15.7. The molecule has 2 rings (SSSR count). The lowest BCUT2D eigenvalue weighted by Crippen LogP contribution is -2.27. The van der Waals surface area contributed by atoms with Gasteiger partial charge in [0.2, 0.25) is 11.0 Å². The SMILES string of the molecule is COc1ccc(CCNC(=O)CSc2nnc(NC(C)C)s2)cc1. The summed E-state index contributed by atoms with van der Waals surface area (Å²) < 4.78 is 5.92. The summed E-state index contributed by atoms with van der Waals surface area (Å²) in [5, 5.41) is 15.0. The molecule has 0 fully saturated rings. The fourth-order valence-corrected chi connectivity index (χ4v) is 3.62.